The number of amides is 1. The van der Waals surface area contributed by atoms with Crippen LogP contribution in [-0.2, 0) is 14.8 Å². The number of aryl methyl sites for hydroxylation is 1. The van der Waals surface area contributed by atoms with Gasteiger partial charge in [0, 0.05) is 29.9 Å². The van der Waals surface area contributed by atoms with Crippen LogP contribution >= 0.6 is 11.3 Å². The van der Waals surface area contributed by atoms with Crippen LogP contribution in [0.5, 0.6) is 0 Å². The van der Waals surface area contributed by atoms with Gasteiger partial charge < -0.3 is 9.84 Å². The standard InChI is InChI=1S/C22H30N4O4S2/c1-14-19(12-18(31-14)20-24-22(30-25-20)15-6-4-7-15)32(28,29)26-11-5-8-16(13-26)21(27)23-17-9-2-3-10-17/h12,15-17H,2-11,13H2,1H3,(H,23,27)/t16-/m1/s1. The van der Waals surface area contributed by atoms with Gasteiger partial charge in [0.1, 0.15) is 0 Å². The number of rotatable bonds is 6. The van der Waals surface area contributed by atoms with Gasteiger partial charge in [-0.2, -0.15) is 9.29 Å². The smallest absolute Gasteiger partial charge is 0.244 e. The van der Waals surface area contributed by atoms with E-state index in [1.54, 1.807) is 6.07 Å². The second kappa shape index (κ2) is 8.87. The Bertz CT molecular complexity index is 1080. The van der Waals surface area contributed by atoms with Crippen molar-refractivity contribution in [1.82, 2.24) is 19.8 Å². The van der Waals surface area contributed by atoms with Crippen molar-refractivity contribution in [1.29, 1.82) is 0 Å². The molecule has 10 heteroatoms. The number of thiophene rings is 1. The zero-order chi connectivity index (χ0) is 22.3. The van der Waals surface area contributed by atoms with Crippen LogP contribution in [0.4, 0.5) is 0 Å². The third kappa shape index (κ3) is 4.24. The van der Waals surface area contributed by atoms with Crippen LogP contribution < -0.4 is 5.32 Å². The minimum atomic E-state index is -3.70. The number of nitrogens with zero attached hydrogens (tertiary/aromatic N) is 3. The maximum absolute atomic E-state index is 13.5. The maximum Gasteiger partial charge on any atom is 0.244 e. The molecule has 174 valence electrons. The number of hydrogen-bond donors (Lipinski definition) is 1. The second-order valence-electron chi connectivity index (χ2n) is 9.31. The molecule has 1 N–H and O–H groups in total. The lowest BCUT2D eigenvalue weighted by atomic mass is 9.85. The highest BCUT2D eigenvalue weighted by atomic mass is 32.2. The fourth-order valence-corrected chi connectivity index (χ4v) is 7.90. The van der Waals surface area contributed by atoms with Crippen LogP contribution in [0, 0.1) is 12.8 Å². The van der Waals surface area contributed by atoms with E-state index in [2.05, 4.69) is 15.5 Å². The van der Waals surface area contributed by atoms with Gasteiger partial charge in [-0.15, -0.1) is 11.3 Å². The topological polar surface area (TPSA) is 105 Å². The van der Waals surface area contributed by atoms with Gasteiger partial charge in [0.05, 0.1) is 15.7 Å². The average molecular weight is 479 g/mol. The van der Waals surface area contributed by atoms with Crippen LogP contribution in [0.1, 0.15) is 74.5 Å². The summed E-state index contributed by atoms with van der Waals surface area (Å²) >= 11 is 1.37. The largest absolute Gasteiger partial charge is 0.353 e. The van der Waals surface area contributed by atoms with E-state index in [9.17, 15) is 13.2 Å². The van der Waals surface area contributed by atoms with E-state index in [0.717, 1.165) is 44.9 Å². The molecule has 0 radical (unpaired) electrons. The predicted molar refractivity (Wildman–Crippen MR) is 121 cm³/mol. The van der Waals surface area contributed by atoms with Gasteiger partial charge in [-0.25, -0.2) is 8.42 Å². The van der Waals surface area contributed by atoms with Gasteiger partial charge in [0.2, 0.25) is 27.6 Å². The molecular weight excluding hydrogens is 448 g/mol. The van der Waals surface area contributed by atoms with Crippen molar-refractivity contribution in [2.45, 2.75) is 81.6 Å². The average Bonchev–Trinajstić information content (AvgIpc) is 3.48. The monoisotopic (exact) mass is 478 g/mol. The number of carbonyl (C=O) groups is 1. The van der Waals surface area contributed by atoms with E-state index in [1.807, 2.05) is 6.92 Å². The summed E-state index contributed by atoms with van der Waals surface area (Å²) in [7, 11) is -3.70. The molecule has 0 unspecified atom stereocenters. The molecule has 1 aliphatic heterocycles. The third-order valence-electron chi connectivity index (χ3n) is 7.06. The summed E-state index contributed by atoms with van der Waals surface area (Å²) in [5.41, 5.74) is 0. The Morgan fingerprint density at radius 1 is 1.16 bits per heavy atom. The highest BCUT2D eigenvalue weighted by Crippen LogP contribution is 2.38. The van der Waals surface area contributed by atoms with Crippen LogP contribution in [0.15, 0.2) is 15.5 Å². The van der Waals surface area contributed by atoms with Gasteiger partial charge in [-0.3, -0.25) is 4.79 Å². The molecular formula is C22H30N4O4S2. The van der Waals surface area contributed by atoms with Crippen molar-refractivity contribution in [2.24, 2.45) is 5.92 Å². The van der Waals surface area contributed by atoms with Gasteiger partial charge in [0.15, 0.2) is 0 Å². The lowest BCUT2D eigenvalue weighted by Gasteiger charge is -2.31. The number of carbonyl (C=O) groups excluding carboxylic acids is 1. The second-order valence-corrected chi connectivity index (χ2v) is 12.5. The minimum absolute atomic E-state index is 0.00477. The number of nitrogens with one attached hydrogen (secondary N) is 1. The molecule has 2 aromatic rings. The fourth-order valence-electron chi connectivity index (χ4n) is 4.89. The Morgan fingerprint density at radius 3 is 2.66 bits per heavy atom. The molecule has 2 aliphatic carbocycles. The van der Waals surface area contributed by atoms with E-state index in [4.69, 9.17) is 4.52 Å². The molecule has 2 aromatic heterocycles. The van der Waals surface area contributed by atoms with Crippen molar-refractivity contribution in [2.75, 3.05) is 13.1 Å². The van der Waals surface area contributed by atoms with Crippen molar-refractivity contribution in [3.05, 3.63) is 16.8 Å². The van der Waals surface area contributed by atoms with E-state index < -0.39 is 10.0 Å². The zero-order valence-electron chi connectivity index (χ0n) is 18.4. The van der Waals surface area contributed by atoms with E-state index in [-0.39, 0.29) is 29.3 Å². The number of hydrogen-bond acceptors (Lipinski definition) is 7. The molecule has 0 aromatic carbocycles. The lowest BCUT2D eigenvalue weighted by Crippen LogP contribution is -2.47. The Hall–Kier alpha value is -1.78. The number of piperidine rings is 1. The Balaban J connectivity index is 1.31. The highest BCUT2D eigenvalue weighted by Gasteiger charge is 2.36. The molecule has 1 amide bonds. The first-order valence-corrected chi connectivity index (χ1v) is 13.9. The first-order chi connectivity index (χ1) is 15.4. The highest BCUT2D eigenvalue weighted by molar-refractivity contribution is 7.89. The summed E-state index contributed by atoms with van der Waals surface area (Å²) in [4.78, 5) is 18.9. The minimum Gasteiger partial charge on any atom is -0.353 e. The molecule has 0 spiro atoms. The third-order valence-corrected chi connectivity index (χ3v) is 10.2. The molecule has 3 heterocycles. The summed E-state index contributed by atoms with van der Waals surface area (Å²) < 4.78 is 33.8. The SMILES string of the molecule is Cc1sc(-c2noc(C3CCC3)n2)cc1S(=O)(=O)N1CCC[C@@H](C(=O)NC2CCCC2)C1. The molecule has 3 fully saturated rings. The van der Waals surface area contributed by atoms with Crippen molar-refractivity contribution in [3.63, 3.8) is 0 Å². The molecule has 8 nitrogen and oxygen atoms in total. The van der Waals surface area contributed by atoms with E-state index in [1.165, 1.54) is 22.1 Å². The van der Waals surface area contributed by atoms with Crippen molar-refractivity contribution >= 4 is 27.3 Å². The Kier molecular flexibility index (Phi) is 6.11. The first-order valence-electron chi connectivity index (χ1n) is 11.7. The lowest BCUT2D eigenvalue weighted by molar-refractivity contribution is -0.126. The van der Waals surface area contributed by atoms with Gasteiger partial charge in [0.25, 0.3) is 0 Å². The Labute approximate surface area is 192 Å². The van der Waals surface area contributed by atoms with Crippen LogP contribution in [0.25, 0.3) is 10.7 Å². The summed E-state index contributed by atoms with van der Waals surface area (Å²) in [6, 6.07) is 1.91. The Morgan fingerprint density at radius 2 is 1.94 bits per heavy atom. The first kappa shape index (κ1) is 22.0. The molecule has 5 rings (SSSR count). The molecule has 32 heavy (non-hydrogen) atoms. The van der Waals surface area contributed by atoms with Crippen molar-refractivity contribution < 1.29 is 17.7 Å². The molecule has 3 aliphatic rings. The predicted octanol–water partition coefficient (Wildman–Crippen LogP) is 3.83. The van der Waals surface area contributed by atoms with E-state index in [0.29, 0.717) is 40.4 Å². The van der Waals surface area contributed by atoms with Crippen LogP contribution in [0.2, 0.25) is 0 Å². The summed E-state index contributed by atoms with van der Waals surface area (Å²) in [5, 5.41) is 7.22. The summed E-state index contributed by atoms with van der Waals surface area (Å²) in [6.07, 6.45) is 9.07. The zero-order valence-corrected chi connectivity index (χ0v) is 20.0. The normalized spacial score (nSPS) is 23.3. The number of aromatic nitrogens is 2. The molecule has 2 saturated carbocycles. The van der Waals surface area contributed by atoms with Gasteiger partial charge in [-0.05, 0) is 51.5 Å². The van der Waals surface area contributed by atoms with Gasteiger partial charge in [-0.1, -0.05) is 24.4 Å². The summed E-state index contributed by atoms with van der Waals surface area (Å²) in [6.45, 7) is 2.48. The maximum atomic E-state index is 13.5. The van der Waals surface area contributed by atoms with E-state index >= 15 is 0 Å². The van der Waals surface area contributed by atoms with Gasteiger partial charge >= 0.3 is 0 Å². The van der Waals surface area contributed by atoms with Crippen LogP contribution in [-0.4, -0.2) is 47.9 Å². The number of sulfonamides is 1. The fraction of sp³-hybridized carbons (Fsp3) is 0.682. The molecule has 1 atom stereocenters. The van der Waals surface area contributed by atoms with Crippen molar-refractivity contribution in [3.8, 4) is 10.7 Å². The molecule has 1 saturated heterocycles. The molecule has 0 bridgehead atoms. The quantitative estimate of drug-likeness (QED) is 0.676. The summed E-state index contributed by atoms with van der Waals surface area (Å²) in [5.74, 6) is 1.14. The van der Waals surface area contributed by atoms with Crippen LogP contribution in [0.3, 0.4) is 0 Å².